The van der Waals surface area contributed by atoms with Crippen molar-refractivity contribution in [1.82, 2.24) is 16.0 Å². The molecule has 6 N–H and O–H groups in total. The summed E-state index contributed by atoms with van der Waals surface area (Å²) in [5, 5.41) is 10.4. The highest BCUT2D eigenvalue weighted by Gasteiger charge is 2.24. The zero-order valence-corrected chi connectivity index (χ0v) is 21.2. The Balaban J connectivity index is 0.00000143. The van der Waals surface area contributed by atoms with Crippen LogP contribution in [0.4, 0.5) is 10.5 Å². The first-order chi connectivity index (χ1) is 16.5. The average Bonchev–Trinajstić information content (AvgIpc) is 2.79. The van der Waals surface area contributed by atoms with Crippen molar-refractivity contribution in [1.29, 1.82) is 0 Å². The van der Waals surface area contributed by atoms with Crippen LogP contribution in [0.2, 0.25) is 0 Å². The number of hydrogen-bond acceptors (Lipinski definition) is 6. The quantitative estimate of drug-likeness (QED) is 0.278. The average molecular weight is 494 g/mol. The van der Waals surface area contributed by atoms with Crippen molar-refractivity contribution in [2.75, 3.05) is 18.4 Å². The van der Waals surface area contributed by atoms with Gasteiger partial charge in [0.2, 0.25) is 17.7 Å². The Bertz CT molecular complexity index is 826. The Morgan fingerprint density at radius 1 is 0.943 bits per heavy atom. The zero-order valence-electron chi connectivity index (χ0n) is 21.2. The van der Waals surface area contributed by atoms with Gasteiger partial charge in [0.25, 0.3) is 0 Å². The van der Waals surface area contributed by atoms with Gasteiger partial charge in [0.1, 0.15) is 12.6 Å². The van der Waals surface area contributed by atoms with Gasteiger partial charge in [0.15, 0.2) is 0 Å². The van der Waals surface area contributed by atoms with Gasteiger partial charge in [-0.25, -0.2) is 4.79 Å². The van der Waals surface area contributed by atoms with Crippen molar-refractivity contribution < 1.29 is 28.7 Å². The minimum atomic E-state index is -0.688. The van der Waals surface area contributed by atoms with Crippen LogP contribution in [-0.4, -0.2) is 48.9 Å². The summed E-state index contributed by atoms with van der Waals surface area (Å²) in [6.45, 7) is 9.48. The molecule has 1 atom stereocenters. The largest absolute Gasteiger partial charge is 0.461 e. The molecule has 1 aromatic rings. The number of esters is 1. The van der Waals surface area contributed by atoms with Gasteiger partial charge in [-0.15, -0.1) is 0 Å². The fraction of sp³-hybridized carbons (Fsp3) is 0.542. The predicted octanol–water partition coefficient (Wildman–Crippen LogP) is 1.81. The molecule has 1 unspecified atom stereocenters. The SMILES string of the molecule is CCCC(=O)NC(C(=O)NCC(=O)Nc1ccc(COC(C)=O)cc1)C(C)C.CCCNC(N)=O. The smallest absolute Gasteiger partial charge is 0.312 e. The predicted molar refractivity (Wildman–Crippen MR) is 133 cm³/mol. The van der Waals surface area contributed by atoms with Crippen LogP contribution < -0.4 is 27.0 Å². The number of primary amides is 1. The molecule has 0 aliphatic heterocycles. The highest BCUT2D eigenvalue weighted by molar-refractivity contribution is 5.96. The molecule has 1 rings (SSSR count). The second-order valence-corrected chi connectivity index (χ2v) is 8.07. The summed E-state index contributed by atoms with van der Waals surface area (Å²) < 4.78 is 4.89. The summed E-state index contributed by atoms with van der Waals surface area (Å²) in [6, 6.07) is 5.69. The van der Waals surface area contributed by atoms with Crippen molar-refractivity contribution in [2.45, 2.75) is 66.5 Å². The molecular formula is C24H39N5O6. The van der Waals surface area contributed by atoms with Crippen LogP contribution in [-0.2, 0) is 30.5 Å². The summed E-state index contributed by atoms with van der Waals surface area (Å²) in [5.41, 5.74) is 6.08. The summed E-state index contributed by atoms with van der Waals surface area (Å²) in [4.78, 5) is 56.8. The van der Waals surface area contributed by atoms with E-state index < -0.39 is 18.0 Å². The summed E-state index contributed by atoms with van der Waals surface area (Å²) in [5.74, 6) is -1.43. The molecule has 0 aliphatic rings. The number of amides is 5. The molecule has 1 aromatic carbocycles. The molecule has 0 fully saturated rings. The zero-order chi connectivity index (χ0) is 26.8. The molecule has 0 radical (unpaired) electrons. The monoisotopic (exact) mass is 493 g/mol. The van der Waals surface area contributed by atoms with E-state index in [4.69, 9.17) is 10.5 Å². The third-order valence-electron chi connectivity index (χ3n) is 4.39. The van der Waals surface area contributed by atoms with Gasteiger partial charge in [-0.1, -0.05) is 39.8 Å². The number of rotatable bonds is 12. The van der Waals surface area contributed by atoms with Gasteiger partial charge in [-0.3, -0.25) is 19.2 Å². The van der Waals surface area contributed by atoms with E-state index in [1.807, 2.05) is 27.7 Å². The Morgan fingerprint density at radius 3 is 2.03 bits per heavy atom. The third kappa shape index (κ3) is 15.8. The number of urea groups is 1. The van der Waals surface area contributed by atoms with Crippen LogP contribution in [0.25, 0.3) is 0 Å². The van der Waals surface area contributed by atoms with Gasteiger partial charge in [0, 0.05) is 25.6 Å². The van der Waals surface area contributed by atoms with Crippen molar-refractivity contribution in [3.05, 3.63) is 29.8 Å². The fourth-order valence-corrected chi connectivity index (χ4v) is 2.61. The van der Waals surface area contributed by atoms with Crippen LogP contribution >= 0.6 is 0 Å². The molecule has 0 spiro atoms. The molecule has 0 saturated carbocycles. The second kappa shape index (κ2) is 17.8. The number of benzene rings is 1. The van der Waals surface area contributed by atoms with E-state index in [0.29, 0.717) is 25.1 Å². The number of hydrogen-bond donors (Lipinski definition) is 5. The molecule has 0 aliphatic carbocycles. The van der Waals surface area contributed by atoms with E-state index in [9.17, 15) is 24.0 Å². The van der Waals surface area contributed by atoms with E-state index in [-0.39, 0.29) is 36.9 Å². The number of nitrogens with one attached hydrogen (secondary N) is 4. The van der Waals surface area contributed by atoms with Gasteiger partial charge in [0.05, 0.1) is 6.54 Å². The van der Waals surface area contributed by atoms with Gasteiger partial charge >= 0.3 is 12.0 Å². The Labute approximate surface area is 206 Å². The molecule has 0 bridgehead atoms. The molecule has 0 saturated heterocycles. The fourth-order valence-electron chi connectivity index (χ4n) is 2.61. The molecule has 11 nitrogen and oxygen atoms in total. The van der Waals surface area contributed by atoms with E-state index in [1.165, 1.54) is 6.92 Å². The summed E-state index contributed by atoms with van der Waals surface area (Å²) in [6.07, 6.45) is 1.98. The van der Waals surface area contributed by atoms with Crippen molar-refractivity contribution in [2.24, 2.45) is 11.7 Å². The maximum atomic E-state index is 12.3. The minimum absolute atomic E-state index is 0.103. The first kappa shape index (κ1) is 31.4. The van der Waals surface area contributed by atoms with Crippen LogP contribution in [0.3, 0.4) is 0 Å². The first-order valence-corrected chi connectivity index (χ1v) is 11.6. The maximum Gasteiger partial charge on any atom is 0.312 e. The summed E-state index contributed by atoms with van der Waals surface area (Å²) >= 11 is 0. The second-order valence-electron chi connectivity index (χ2n) is 8.07. The lowest BCUT2D eigenvalue weighted by atomic mass is 10.0. The number of anilines is 1. The lowest BCUT2D eigenvalue weighted by Gasteiger charge is -2.21. The minimum Gasteiger partial charge on any atom is -0.461 e. The van der Waals surface area contributed by atoms with E-state index in [1.54, 1.807) is 24.3 Å². The van der Waals surface area contributed by atoms with Crippen molar-refractivity contribution in [3.63, 3.8) is 0 Å². The first-order valence-electron chi connectivity index (χ1n) is 11.6. The standard InChI is InChI=1S/C20H29N3O5.C4H10N2O/c1-5-6-17(25)23-19(13(2)3)20(27)21-11-18(26)22-16-9-7-15(8-10-16)12-28-14(4)24;1-2-3-6-4(5)7/h7-10,13,19H,5-6,11-12H2,1-4H3,(H,21,27)(H,22,26)(H,23,25);2-3H2,1H3,(H3,5,6,7). The van der Waals surface area contributed by atoms with E-state index >= 15 is 0 Å². The van der Waals surface area contributed by atoms with Crippen LogP contribution in [0.15, 0.2) is 24.3 Å². The number of ether oxygens (including phenoxy) is 1. The molecule has 0 aromatic heterocycles. The number of carbonyl (C=O) groups is 5. The Hall–Kier alpha value is -3.63. The highest BCUT2D eigenvalue weighted by Crippen LogP contribution is 2.10. The molecule has 196 valence electrons. The normalized spacial score (nSPS) is 10.8. The summed E-state index contributed by atoms with van der Waals surface area (Å²) in [7, 11) is 0. The Kier molecular flexibility index (Phi) is 15.9. The lowest BCUT2D eigenvalue weighted by molar-refractivity contribution is -0.142. The van der Waals surface area contributed by atoms with E-state index in [0.717, 1.165) is 12.0 Å². The van der Waals surface area contributed by atoms with Gasteiger partial charge < -0.3 is 31.7 Å². The molecule has 11 heteroatoms. The molecular weight excluding hydrogens is 454 g/mol. The topological polar surface area (TPSA) is 169 Å². The van der Waals surface area contributed by atoms with E-state index in [2.05, 4.69) is 21.3 Å². The molecule has 0 heterocycles. The molecule has 5 amide bonds. The van der Waals surface area contributed by atoms with Crippen LogP contribution in [0, 0.1) is 5.92 Å². The van der Waals surface area contributed by atoms with Crippen molar-refractivity contribution in [3.8, 4) is 0 Å². The maximum absolute atomic E-state index is 12.3. The van der Waals surface area contributed by atoms with Crippen LogP contribution in [0.5, 0.6) is 0 Å². The highest BCUT2D eigenvalue weighted by atomic mass is 16.5. The van der Waals surface area contributed by atoms with Crippen molar-refractivity contribution >= 4 is 35.4 Å². The molecule has 35 heavy (non-hydrogen) atoms. The van der Waals surface area contributed by atoms with Crippen LogP contribution in [0.1, 0.15) is 59.4 Å². The number of carbonyl (C=O) groups excluding carboxylic acids is 5. The Morgan fingerprint density at radius 2 is 1.57 bits per heavy atom. The van der Waals surface area contributed by atoms with Gasteiger partial charge in [-0.05, 0) is 36.5 Å². The third-order valence-corrected chi connectivity index (χ3v) is 4.39. The van der Waals surface area contributed by atoms with Gasteiger partial charge in [-0.2, -0.15) is 0 Å². The number of nitrogens with two attached hydrogens (primary N) is 1. The lowest BCUT2D eigenvalue weighted by Crippen LogP contribution is -2.50.